The number of rotatable bonds is 4. The van der Waals surface area contributed by atoms with Crippen LogP contribution in [0.4, 0.5) is 5.69 Å². The molecule has 0 saturated heterocycles. The van der Waals surface area contributed by atoms with E-state index >= 15 is 0 Å². The molecule has 0 aromatic heterocycles. The predicted octanol–water partition coefficient (Wildman–Crippen LogP) is 3.53. The third-order valence-electron chi connectivity index (χ3n) is 3.19. The number of nitrogens with two attached hydrogens (primary N) is 1. The van der Waals surface area contributed by atoms with Crippen LogP contribution in [-0.2, 0) is 0 Å². The van der Waals surface area contributed by atoms with Gasteiger partial charge in [-0.2, -0.15) is 0 Å². The molecule has 3 N–H and O–H groups in total. The Morgan fingerprint density at radius 1 is 1.29 bits per heavy atom. The van der Waals surface area contributed by atoms with Crippen molar-refractivity contribution in [3.8, 4) is 5.75 Å². The van der Waals surface area contributed by atoms with Crippen LogP contribution >= 0.6 is 15.9 Å². The fraction of sp³-hybridized carbons (Fsp3) is 0.188. The standard InChI is InChI=1S/C16H17BrN2O2/c1-10(12-5-3-4-6-14(12)17)19-16(20)13-8-7-11(18)9-15(13)21-2/h3-10H,18H2,1-2H3,(H,19,20). The van der Waals surface area contributed by atoms with E-state index in [0.29, 0.717) is 17.0 Å². The van der Waals surface area contributed by atoms with Crippen molar-refractivity contribution in [1.29, 1.82) is 0 Å². The van der Waals surface area contributed by atoms with Gasteiger partial charge < -0.3 is 15.8 Å². The highest BCUT2D eigenvalue weighted by atomic mass is 79.9. The van der Waals surface area contributed by atoms with E-state index in [1.54, 1.807) is 18.2 Å². The van der Waals surface area contributed by atoms with Crippen molar-refractivity contribution >= 4 is 27.5 Å². The fourth-order valence-corrected chi connectivity index (χ4v) is 2.70. The Hall–Kier alpha value is -2.01. The zero-order valence-electron chi connectivity index (χ0n) is 11.9. The first-order valence-electron chi connectivity index (χ1n) is 6.51. The number of carbonyl (C=O) groups is 1. The third kappa shape index (κ3) is 3.55. The third-order valence-corrected chi connectivity index (χ3v) is 3.91. The number of hydrogen-bond acceptors (Lipinski definition) is 3. The van der Waals surface area contributed by atoms with Gasteiger partial charge in [-0.1, -0.05) is 34.1 Å². The number of ether oxygens (including phenoxy) is 1. The van der Waals surface area contributed by atoms with E-state index in [1.807, 2.05) is 31.2 Å². The first kappa shape index (κ1) is 15.4. The van der Waals surface area contributed by atoms with E-state index in [4.69, 9.17) is 10.5 Å². The number of anilines is 1. The molecule has 2 aromatic rings. The van der Waals surface area contributed by atoms with Crippen molar-refractivity contribution in [1.82, 2.24) is 5.32 Å². The monoisotopic (exact) mass is 348 g/mol. The van der Waals surface area contributed by atoms with Crippen molar-refractivity contribution in [2.75, 3.05) is 12.8 Å². The minimum absolute atomic E-state index is 0.129. The van der Waals surface area contributed by atoms with Crippen molar-refractivity contribution < 1.29 is 9.53 Å². The second-order valence-electron chi connectivity index (χ2n) is 4.68. The lowest BCUT2D eigenvalue weighted by atomic mass is 10.1. The molecule has 110 valence electrons. The van der Waals surface area contributed by atoms with Gasteiger partial charge in [0.1, 0.15) is 5.75 Å². The van der Waals surface area contributed by atoms with Crippen LogP contribution < -0.4 is 15.8 Å². The molecule has 21 heavy (non-hydrogen) atoms. The van der Waals surface area contributed by atoms with Crippen molar-refractivity contribution in [3.05, 3.63) is 58.1 Å². The lowest BCUT2D eigenvalue weighted by Gasteiger charge is -2.17. The number of benzene rings is 2. The Morgan fingerprint density at radius 3 is 2.67 bits per heavy atom. The molecule has 5 heteroatoms. The molecule has 0 radical (unpaired) electrons. The molecule has 0 saturated carbocycles. The number of methoxy groups -OCH3 is 1. The van der Waals surface area contributed by atoms with Gasteiger partial charge >= 0.3 is 0 Å². The minimum atomic E-state index is -0.199. The topological polar surface area (TPSA) is 64.3 Å². The van der Waals surface area contributed by atoms with Gasteiger partial charge in [0, 0.05) is 16.2 Å². The van der Waals surface area contributed by atoms with Gasteiger partial charge in [0.2, 0.25) is 0 Å². The lowest BCUT2D eigenvalue weighted by molar-refractivity contribution is 0.0937. The van der Waals surface area contributed by atoms with Crippen molar-refractivity contribution in [2.24, 2.45) is 0 Å². The van der Waals surface area contributed by atoms with Gasteiger partial charge in [-0.15, -0.1) is 0 Å². The summed E-state index contributed by atoms with van der Waals surface area (Å²) >= 11 is 3.49. The molecule has 1 amide bonds. The first-order chi connectivity index (χ1) is 10.0. The summed E-state index contributed by atoms with van der Waals surface area (Å²) in [5, 5.41) is 2.96. The zero-order valence-corrected chi connectivity index (χ0v) is 13.5. The van der Waals surface area contributed by atoms with Gasteiger partial charge in [0.05, 0.1) is 18.7 Å². The normalized spacial score (nSPS) is 11.8. The summed E-state index contributed by atoms with van der Waals surface area (Å²) in [5.74, 6) is 0.266. The van der Waals surface area contributed by atoms with Gasteiger partial charge in [-0.05, 0) is 30.7 Å². The Labute approximate surface area is 132 Å². The van der Waals surface area contributed by atoms with Gasteiger partial charge in [-0.3, -0.25) is 4.79 Å². The Kier molecular flexibility index (Phi) is 4.85. The highest BCUT2D eigenvalue weighted by Gasteiger charge is 2.16. The van der Waals surface area contributed by atoms with Crippen LogP contribution in [0.25, 0.3) is 0 Å². The van der Waals surface area contributed by atoms with Crippen LogP contribution in [0.2, 0.25) is 0 Å². The van der Waals surface area contributed by atoms with E-state index in [0.717, 1.165) is 10.0 Å². The molecule has 4 nitrogen and oxygen atoms in total. The number of nitrogens with one attached hydrogen (secondary N) is 1. The maximum Gasteiger partial charge on any atom is 0.255 e. The second-order valence-corrected chi connectivity index (χ2v) is 5.53. The smallest absolute Gasteiger partial charge is 0.255 e. The van der Waals surface area contributed by atoms with Crippen LogP contribution in [0, 0.1) is 0 Å². The highest BCUT2D eigenvalue weighted by Crippen LogP contribution is 2.25. The van der Waals surface area contributed by atoms with Crippen molar-refractivity contribution in [2.45, 2.75) is 13.0 Å². The maximum absolute atomic E-state index is 12.4. The predicted molar refractivity (Wildman–Crippen MR) is 87.4 cm³/mol. The van der Waals surface area contributed by atoms with Crippen LogP contribution in [0.1, 0.15) is 28.9 Å². The van der Waals surface area contributed by atoms with Gasteiger partial charge in [0.15, 0.2) is 0 Å². The molecular formula is C16H17BrN2O2. The van der Waals surface area contributed by atoms with Crippen molar-refractivity contribution in [3.63, 3.8) is 0 Å². The molecule has 2 rings (SSSR count). The molecule has 0 aliphatic heterocycles. The SMILES string of the molecule is COc1cc(N)ccc1C(=O)NC(C)c1ccccc1Br. The van der Waals surface area contributed by atoms with Crippen LogP contribution in [0.15, 0.2) is 46.9 Å². The molecule has 2 aromatic carbocycles. The number of hydrogen-bond donors (Lipinski definition) is 2. The molecular weight excluding hydrogens is 332 g/mol. The average molecular weight is 349 g/mol. The lowest BCUT2D eigenvalue weighted by Crippen LogP contribution is -2.27. The highest BCUT2D eigenvalue weighted by molar-refractivity contribution is 9.10. The number of nitrogen functional groups attached to an aromatic ring is 1. The summed E-state index contributed by atoms with van der Waals surface area (Å²) < 4.78 is 6.17. The summed E-state index contributed by atoms with van der Waals surface area (Å²) in [7, 11) is 1.52. The second kappa shape index (κ2) is 6.63. The zero-order chi connectivity index (χ0) is 15.4. The first-order valence-corrected chi connectivity index (χ1v) is 7.31. The molecule has 1 unspecified atom stereocenters. The molecule has 0 bridgehead atoms. The summed E-state index contributed by atoms with van der Waals surface area (Å²) in [6, 6.07) is 12.6. The van der Waals surface area contributed by atoms with Crippen LogP contribution in [0.3, 0.4) is 0 Å². The van der Waals surface area contributed by atoms with Crippen LogP contribution in [0.5, 0.6) is 5.75 Å². The molecule has 0 fully saturated rings. The number of amides is 1. The van der Waals surface area contributed by atoms with Gasteiger partial charge in [0.25, 0.3) is 5.91 Å². The summed E-state index contributed by atoms with van der Waals surface area (Å²) in [6.07, 6.45) is 0. The largest absolute Gasteiger partial charge is 0.496 e. The molecule has 1 atom stereocenters. The van der Waals surface area contributed by atoms with Gasteiger partial charge in [-0.25, -0.2) is 0 Å². The average Bonchev–Trinajstić information content (AvgIpc) is 2.47. The Balaban J connectivity index is 2.20. The number of halogens is 1. The van der Waals surface area contributed by atoms with Crippen LogP contribution in [-0.4, -0.2) is 13.0 Å². The van der Waals surface area contributed by atoms with E-state index in [-0.39, 0.29) is 11.9 Å². The molecule has 0 heterocycles. The maximum atomic E-state index is 12.4. The minimum Gasteiger partial charge on any atom is -0.496 e. The molecule has 0 aliphatic rings. The fourth-order valence-electron chi connectivity index (χ4n) is 2.07. The van der Waals surface area contributed by atoms with E-state index < -0.39 is 0 Å². The summed E-state index contributed by atoms with van der Waals surface area (Å²) in [6.45, 7) is 1.93. The van der Waals surface area contributed by atoms with E-state index in [2.05, 4.69) is 21.2 Å². The Bertz CT molecular complexity index is 658. The van der Waals surface area contributed by atoms with E-state index in [9.17, 15) is 4.79 Å². The summed E-state index contributed by atoms with van der Waals surface area (Å²) in [5.41, 5.74) is 7.73. The molecule has 0 aliphatic carbocycles. The Morgan fingerprint density at radius 2 is 2.00 bits per heavy atom. The molecule has 0 spiro atoms. The number of carbonyl (C=O) groups excluding carboxylic acids is 1. The summed E-state index contributed by atoms with van der Waals surface area (Å²) in [4.78, 5) is 12.4. The van der Waals surface area contributed by atoms with E-state index in [1.165, 1.54) is 7.11 Å². The quantitative estimate of drug-likeness (QED) is 0.830.